The first kappa shape index (κ1) is 16.6. The van der Waals surface area contributed by atoms with E-state index in [1.165, 1.54) is 11.1 Å². The molecule has 22 heavy (non-hydrogen) atoms. The van der Waals surface area contributed by atoms with Gasteiger partial charge in [-0.1, -0.05) is 30.3 Å². The molecular weight excluding hydrogens is 278 g/mol. The van der Waals surface area contributed by atoms with Crippen molar-refractivity contribution in [1.82, 2.24) is 5.32 Å². The van der Waals surface area contributed by atoms with E-state index in [0.29, 0.717) is 6.61 Å². The van der Waals surface area contributed by atoms with E-state index in [0.717, 1.165) is 12.8 Å². The Morgan fingerprint density at radius 3 is 2.77 bits per heavy atom. The Morgan fingerprint density at radius 2 is 2.18 bits per heavy atom. The fourth-order valence-electron chi connectivity index (χ4n) is 2.33. The third-order valence-corrected chi connectivity index (χ3v) is 3.34. The Morgan fingerprint density at radius 1 is 1.50 bits per heavy atom. The molecule has 1 aliphatic heterocycles. The summed E-state index contributed by atoms with van der Waals surface area (Å²) in [5, 5.41) is 2.93. The van der Waals surface area contributed by atoms with E-state index in [9.17, 15) is 4.79 Å². The molecule has 0 saturated carbocycles. The smallest absolute Gasteiger partial charge is 0.407 e. The van der Waals surface area contributed by atoms with Crippen LogP contribution in [0.4, 0.5) is 4.79 Å². The van der Waals surface area contributed by atoms with E-state index in [4.69, 9.17) is 9.47 Å². The molecule has 1 N–H and O–H groups in total. The molecule has 1 aliphatic rings. The highest BCUT2D eigenvalue weighted by atomic mass is 16.6. The minimum absolute atomic E-state index is 0.0613. The van der Waals surface area contributed by atoms with Crippen molar-refractivity contribution in [2.45, 2.75) is 51.4 Å². The number of amides is 1. The number of hydrogen-bond donors (Lipinski definition) is 1. The van der Waals surface area contributed by atoms with Crippen molar-refractivity contribution in [1.29, 1.82) is 0 Å². The van der Waals surface area contributed by atoms with Gasteiger partial charge in [0.25, 0.3) is 0 Å². The van der Waals surface area contributed by atoms with Crippen molar-refractivity contribution < 1.29 is 14.3 Å². The van der Waals surface area contributed by atoms with Crippen molar-refractivity contribution in [2.75, 3.05) is 6.61 Å². The summed E-state index contributed by atoms with van der Waals surface area (Å²) in [6.45, 7) is 10.0. The maximum absolute atomic E-state index is 12.0. The Balaban J connectivity index is 1.98. The number of rotatable bonds is 6. The van der Waals surface area contributed by atoms with Gasteiger partial charge in [0.05, 0.1) is 12.6 Å². The maximum Gasteiger partial charge on any atom is 0.407 e. The van der Waals surface area contributed by atoms with Crippen LogP contribution in [0.5, 0.6) is 0 Å². The molecule has 2 unspecified atom stereocenters. The van der Waals surface area contributed by atoms with Crippen LogP contribution in [0.15, 0.2) is 36.9 Å². The molecule has 0 spiro atoms. The zero-order chi connectivity index (χ0) is 16.2. The number of hydrogen-bond acceptors (Lipinski definition) is 3. The lowest BCUT2D eigenvalue weighted by atomic mass is 10.0. The average Bonchev–Trinajstić information content (AvgIpc) is 3.20. The van der Waals surface area contributed by atoms with Gasteiger partial charge in [0.2, 0.25) is 0 Å². The van der Waals surface area contributed by atoms with Crippen LogP contribution >= 0.6 is 0 Å². The van der Waals surface area contributed by atoms with Crippen molar-refractivity contribution in [3.8, 4) is 0 Å². The van der Waals surface area contributed by atoms with Crippen molar-refractivity contribution in [3.63, 3.8) is 0 Å². The van der Waals surface area contributed by atoms with Gasteiger partial charge in [0, 0.05) is 0 Å². The number of nitrogens with one attached hydrogen (secondary N) is 1. The molecule has 4 nitrogen and oxygen atoms in total. The highest BCUT2D eigenvalue weighted by Crippen LogP contribution is 2.19. The fraction of sp³-hybridized carbons (Fsp3) is 0.500. The number of carbonyl (C=O) groups excluding carboxylic acids is 1. The van der Waals surface area contributed by atoms with Crippen molar-refractivity contribution in [3.05, 3.63) is 48.0 Å². The second kappa shape index (κ2) is 6.97. The zero-order valence-corrected chi connectivity index (χ0v) is 13.6. The molecule has 1 fully saturated rings. The van der Waals surface area contributed by atoms with Crippen LogP contribution in [0.1, 0.15) is 31.9 Å². The molecular formula is C18H25NO3. The third-order valence-electron chi connectivity index (χ3n) is 3.34. The van der Waals surface area contributed by atoms with E-state index in [2.05, 4.69) is 30.1 Å². The highest BCUT2D eigenvalue weighted by Gasteiger charge is 2.34. The molecule has 120 valence electrons. The number of epoxide rings is 1. The van der Waals surface area contributed by atoms with E-state index in [1.807, 2.05) is 32.9 Å². The Hall–Kier alpha value is -1.81. The topological polar surface area (TPSA) is 50.9 Å². The molecule has 0 bridgehead atoms. The minimum atomic E-state index is -0.497. The summed E-state index contributed by atoms with van der Waals surface area (Å²) in [7, 11) is 0. The van der Waals surface area contributed by atoms with Crippen molar-refractivity contribution >= 4 is 6.09 Å². The number of carbonyl (C=O) groups is 1. The molecule has 1 amide bonds. The van der Waals surface area contributed by atoms with Gasteiger partial charge in [-0.25, -0.2) is 4.79 Å². The average molecular weight is 303 g/mol. The molecule has 0 aromatic heterocycles. The van der Waals surface area contributed by atoms with Gasteiger partial charge in [-0.2, -0.15) is 0 Å². The third kappa shape index (κ3) is 5.53. The predicted octanol–water partition coefficient (Wildman–Crippen LogP) is 3.25. The SMILES string of the molecule is C=CCc1cccc(CC(NC(=O)OC(C)(C)C)C2CO2)c1. The Labute approximate surface area is 132 Å². The molecule has 1 heterocycles. The first-order valence-electron chi connectivity index (χ1n) is 7.67. The number of ether oxygens (including phenoxy) is 2. The van der Waals surface area contributed by atoms with Crippen LogP contribution in [0.3, 0.4) is 0 Å². The first-order chi connectivity index (χ1) is 10.4. The molecule has 2 rings (SSSR count). The molecule has 1 saturated heterocycles. The molecule has 0 aliphatic carbocycles. The van der Waals surface area contributed by atoms with Crippen LogP contribution in [0, 0.1) is 0 Å². The van der Waals surface area contributed by atoms with E-state index >= 15 is 0 Å². The number of benzene rings is 1. The summed E-state index contributed by atoms with van der Waals surface area (Å²) in [4.78, 5) is 12.0. The van der Waals surface area contributed by atoms with Gasteiger partial charge >= 0.3 is 6.09 Å². The van der Waals surface area contributed by atoms with E-state index in [-0.39, 0.29) is 12.1 Å². The minimum Gasteiger partial charge on any atom is -0.444 e. The van der Waals surface area contributed by atoms with Gasteiger partial charge in [-0.05, 0) is 44.7 Å². The predicted molar refractivity (Wildman–Crippen MR) is 86.9 cm³/mol. The van der Waals surface area contributed by atoms with Crippen LogP contribution in [-0.2, 0) is 22.3 Å². The Kier molecular flexibility index (Phi) is 5.24. The van der Waals surface area contributed by atoms with Crippen molar-refractivity contribution in [2.24, 2.45) is 0 Å². The zero-order valence-electron chi connectivity index (χ0n) is 13.6. The van der Waals surface area contributed by atoms with Gasteiger partial charge in [-0.15, -0.1) is 6.58 Å². The molecule has 4 heteroatoms. The normalized spacial score (nSPS) is 18.4. The summed E-state index contributed by atoms with van der Waals surface area (Å²) in [5.41, 5.74) is 1.90. The lowest BCUT2D eigenvalue weighted by Gasteiger charge is -2.23. The van der Waals surface area contributed by atoms with E-state index in [1.54, 1.807) is 0 Å². The summed E-state index contributed by atoms with van der Waals surface area (Å²) < 4.78 is 10.7. The fourth-order valence-corrected chi connectivity index (χ4v) is 2.33. The lowest BCUT2D eigenvalue weighted by Crippen LogP contribution is -2.43. The van der Waals surface area contributed by atoms with E-state index < -0.39 is 11.7 Å². The monoisotopic (exact) mass is 303 g/mol. The molecule has 2 atom stereocenters. The van der Waals surface area contributed by atoms with Gasteiger partial charge < -0.3 is 14.8 Å². The summed E-state index contributed by atoms with van der Waals surface area (Å²) in [5.74, 6) is 0. The standard InChI is InChI=1S/C18H25NO3/c1-5-7-13-8-6-9-14(10-13)11-15(16-12-21-16)19-17(20)22-18(2,3)4/h5-6,8-10,15-16H,1,7,11-12H2,2-4H3,(H,19,20). The molecule has 1 aromatic carbocycles. The van der Waals surface area contributed by atoms with Gasteiger partial charge in [-0.3, -0.25) is 0 Å². The number of alkyl carbamates (subject to hydrolysis) is 1. The highest BCUT2D eigenvalue weighted by molar-refractivity contribution is 5.68. The summed E-state index contributed by atoms with van der Waals surface area (Å²) >= 11 is 0. The van der Waals surface area contributed by atoms with Crippen LogP contribution in [-0.4, -0.2) is 30.4 Å². The lowest BCUT2D eigenvalue weighted by molar-refractivity contribution is 0.0495. The van der Waals surface area contributed by atoms with Crippen LogP contribution < -0.4 is 5.32 Å². The second-order valence-electron chi connectivity index (χ2n) is 6.64. The van der Waals surface area contributed by atoms with Crippen LogP contribution in [0.2, 0.25) is 0 Å². The largest absolute Gasteiger partial charge is 0.444 e. The Bertz CT molecular complexity index is 529. The quantitative estimate of drug-likeness (QED) is 0.648. The number of allylic oxidation sites excluding steroid dienone is 1. The molecule has 1 aromatic rings. The van der Waals surface area contributed by atoms with Crippen LogP contribution in [0.25, 0.3) is 0 Å². The first-order valence-corrected chi connectivity index (χ1v) is 7.67. The summed E-state index contributed by atoms with van der Waals surface area (Å²) in [6.07, 6.45) is 3.15. The van der Waals surface area contributed by atoms with Gasteiger partial charge in [0.1, 0.15) is 11.7 Å². The second-order valence-corrected chi connectivity index (χ2v) is 6.64. The molecule has 0 radical (unpaired) electrons. The maximum atomic E-state index is 12.0. The summed E-state index contributed by atoms with van der Waals surface area (Å²) in [6, 6.07) is 8.27. The van der Waals surface area contributed by atoms with Gasteiger partial charge in [0.15, 0.2) is 0 Å².